The van der Waals surface area contributed by atoms with Crippen molar-refractivity contribution in [3.05, 3.63) is 71.0 Å². The molecule has 2 N–H and O–H groups in total. The van der Waals surface area contributed by atoms with Crippen LogP contribution in [-0.4, -0.2) is 6.54 Å². The molecule has 0 amide bonds. The minimum atomic E-state index is -0.181. The quantitative estimate of drug-likeness (QED) is 0.905. The maximum Gasteiger partial charge on any atom is 0.123 e. The third-order valence-corrected chi connectivity index (χ3v) is 4.54. The van der Waals surface area contributed by atoms with Crippen LogP contribution in [0.2, 0.25) is 0 Å². The predicted octanol–water partition coefficient (Wildman–Crippen LogP) is 3.60. The normalized spacial score (nSPS) is 21.5. The molecule has 0 fully saturated rings. The summed E-state index contributed by atoms with van der Waals surface area (Å²) in [6.45, 7) is 0.640. The van der Waals surface area contributed by atoms with Gasteiger partial charge in [0.2, 0.25) is 0 Å². The molecule has 1 unspecified atom stereocenters. The lowest BCUT2D eigenvalue weighted by molar-refractivity contribution is 0.365. The average Bonchev–Trinajstić information content (AvgIpc) is 2.50. The van der Waals surface area contributed by atoms with Gasteiger partial charge in [-0.15, -0.1) is 0 Å². The molecule has 104 valence electrons. The van der Waals surface area contributed by atoms with E-state index in [1.54, 1.807) is 0 Å². The Morgan fingerprint density at radius 1 is 1.05 bits per heavy atom. The van der Waals surface area contributed by atoms with Gasteiger partial charge in [0, 0.05) is 12.0 Å². The largest absolute Gasteiger partial charge is 0.330 e. The van der Waals surface area contributed by atoms with Crippen molar-refractivity contribution in [2.45, 2.75) is 31.1 Å². The van der Waals surface area contributed by atoms with Gasteiger partial charge in [0.15, 0.2) is 0 Å². The number of nitrogens with two attached hydrogens (primary N) is 1. The summed E-state index contributed by atoms with van der Waals surface area (Å²) in [5.74, 6) is -0.181. The van der Waals surface area contributed by atoms with Crippen LogP contribution in [0.3, 0.4) is 0 Å². The topological polar surface area (TPSA) is 26.0 Å². The fraction of sp³-hybridized carbons (Fsp3) is 0.333. The van der Waals surface area contributed by atoms with Gasteiger partial charge in [0.05, 0.1) is 0 Å². The molecule has 3 rings (SSSR count). The Balaban J connectivity index is 1.98. The zero-order chi connectivity index (χ0) is 14.0. The summed E-state index contributed by atoms with van der Waals surface area (Å²) in [4.78, 5) is 0. The lowest BCUT2D eigenvalue weighted by Crippen LogP contribution is -2.40. The predicted molar refractivity (Wildman–Crippen MR) is 80.2 cm³/mol. The molecular formula is C18H20FN. The molecule has 0 spiro atoms. The zero-order valence-electron chi connectivity index (χ0n) is 11.6. The van der Waals surface area contributed by atoms with Crippen LogP contribution in [-0.2, 0) is 18.3 Å². The van der Waals surface area contributed by atoms with E-state index in [0.717, 1.165) is 24.8 Å². The van der Waals surface area contributed by atoms with Crippen LogP contribution in [0.1, 0.15) is 29.5 Å². The van der Waals surface area contributed by atoms with Crippen molar-refractivity contribution in [1.29, 1.82) is 0 Å². The molecule has 0 aliphatic heterocycles. The van der Waals surface area contributed by atoms with Crippen LogP contribution in [0, 0.1) is 5.82 Å². The Labute approximate surface area is 119 Å². The van der Waals surface area contributed by atoms with Gasteiger partial charge < -0.3 is 5.73 Å². The van der Waals surface area contributed by atoms with Crippen molar-refractivity contribution in [3.63, 3.8) is 0 Å². The fourth-order valence-electron chi connectivity index (χ4n) is 3.47. The highest BCUT2D eigenvalue weighted by atomic mass is 19.1. The van der Waals surface area contributed by atoms with E-state index in [1.807, 2.05) is 12.1 Å². The maximum atomic E-state index is 13.1. The minimum Gasteiger partial charge on any atom is -0.330 e. The second kappa shape index (κ2) is 5.37. The van der Waals surface area contributed by atoms with Gasteiger partial charge in [-0.25, -0.2) is 4.39 Å². The molecule has 1 nitrogen and oxygen atoms in total. The Bertz CT molecular complexity index is 591. The highest BCUT2D eigenvalue weighted by Crippen LogP contribution is 2.39. The Kier molecular flexibility index (Phi) is 3.58. The van der Waals surface area contributed by atoms with Crippen molar-refractivity contribution in [1.82, 2.24) is 0 Å². The number of halogens is 1. The van der Waals surface area contributed by atoms with Gasteiger partial charge in [0.1, 0.15) is 5.82 Å². The van der Waals surface area contributed by atoms with Crippen LogP contribution < -0.4 is 5.73 Å². The summed E-state index contributed by atoms with van der Waals surface area (Å²) >= 11 is 0. The van der Waals surface area contributed by atoms with E-state index in [1.165, 1.54) is 29.7 Å². The van der Waals surface area contributed by atoms with Gasteiger partial charge in [-0.05, 0) is 54.5 Å². The van der Waals surface area contributed by atoms with Gasteiger partial charge in [0.25, 0.3) is 0 Å². The minimum absolute atomic E-state index is 0.00662. The molecule has 20 heavy (non-hydrogen) atoms. The van der Waals surface area contributed by atoms with Crippen molar-refractivity contribution in [2.24, 2.45) is 5.73 Å². The summed E-state index contributed by atoms with van der Waals surface area (Å²) in [6.07, 6.45) is 4.31. The molecular weight excluding hydrogens is 249 g/mol. The molecule has 0 saturated heterocycles. The molecule has 0 bridgehead atoms. The summed E-state index contributed by atoms with van der Waals surface area (Å²) in [5, 5.41) is 0. The van der Waals surface area contributed by atoms with E-state index in [-0.39, 0.29) is 11.2 Å². The Morgan fingerprint density at radius 3 is 2.55 bits per heavy atom. The smallest absolute Gasteiger partial charge is 0.123 e. The summed E-state index contributed by atoms with van der Waals surface area (Å²) in [7, 11) is 0. The molecule has 1 aliphatic carbocycles. The summed E-state index contributed by atoms with van der Waals surface area (Å²) in [6, 6.07) is 15.5. The van der Waals surface area contributed by atoms with E-state index in [0.29, 0.717) is 6.54 Å². The molecule has 0 saturated carbocycles. The average molecular weight is 269 g/mol. The van der Waals surface area contributed by atoms with E-state index in [2.05, 4.69) is 24.3 Å². The van der Waals surface area contributed by atoms with Crippen molar-refractivity contribution < 1.29 is 4.39 Å². The number of hydrogen-bond acceptors (Lipinski definition) is 1. The third kappa shape index (κ3) is 2.36. The van der Waals surface area contributed by atoms with E-state index in [9.17, 15) is 4.39 Å². The van der Waals surface area contributed by atoms with Crippen LogP contribution in [0.4, 0.5) is 4.39 Å². The van der Waals surface area contributed by atoms with Crippen LogP contribution in [0.5, 0.6) is 0 Å². The number of hydrogen-bond donors (Lipinski definition) is 1. The van der Waals surface area contributed by atoms with Crippen molar-refractivity contribution in [2.75, 3.05) is 6.54 Å². The first-order valence-electron chi connectivity index (χ1n) is 7.26. The molecule has 0 aromatic heterocycles. The van der Waals surface area contributed by atoms with Crippen LogP contribution in [0.15, 0.2) is 48.5 Å². The van der Waals surface area contributed by atoms with E-state index >= 15 is 0 Å². The van der Waals surface area contributed by atoms with Gasteiger partial charge in [-0.3, -0.25) is 0 Å². The summed E-state index contributed by atoms with van der Waals surface area (Å²) < 4.78 is 13.1. The summed E-state index contributed by atoms with van der Waals surface area (Å²) in [5.41, 5.74) is 10.1. The fourth-order valence-corrected chi connectivity index (χ4v) is 3.47. The lowest BCUT2D eigenvalue weighted by Gasteiger charge is -2.38. The standard InChI is InChI=1S/C18H20FN/c19-16-9-7-14(8-10-16)12-18(13-20)11-3-5-15-4-1-2-6-17(15)18/h1-2,4,6-10H,3,5,11-13,20H2. The number of fused-ring (bicyclic) bond motifs is 1. The number of rotatable bonds is 3. The van der Waals surface area contributed by atoms with Gasteiger partial charge in [-0.1, -0.05) is 36.4 Å². The van der Waals surface area contributed by atoms with E-state index in [4.69, 9.17) is 5.73 Å². The first-order chi connectivity index (χ1) is 9.73. The third-order valence-electron chi connectivity index (χ3n) is 4.54. The highest BCUT2D eigenvalue weighted by Gasteiger charge is 2.35. The molecule has 0 heterocycles. The number of benzene rings is 2. The van der Waals surface area contributed by atoms with E-state index < -0.39 is 0 Å². The second-order valence-electron chi connectivity index (χ2n) is 5.80. The first kappa shape index (κ1) is 13.3. The lowest BCUT2D eigenvalue weighted by atomic mass is 9.67. The van der Waals surface area contributed by atoms with Crippen molar-refractivity contribution >= 4 is 0 Å². The van der Waals surface area contributed by atoms with Gasteiger partial charge in [-0.2, -0.15) is 0 Å². The van der Waals surface area contributed by atoms with Crippen LogP contribution in [0.25, 0.3) is 0 Å². The maximum absolute atomic E-state index is 13.1. The molecule has 2 aromatic rings. The molecule has 1 aliphatic rings. The Hall–Kier alpha value is -1.67. The number of aryl methyl sites for hydroxylation is 1. The monoisotopic (exact) mass is 269 g/mol. The van der Waals surface area contributed by atoms with Crippen LogP contribution >= 0.6 is 0 Å². The van der Waals surface area contributed by atoms with Gasteiger partial charge >= 0.3 is 0 Å². The molecule has 1 atom stereocenters. The SMILES string of the molecule is NCC1(Cc2ccc(F)cc2)CCCc2ccccc21. The first-order valence-corrected chi connectivity index (χ1v) is 7.26. The second-order valence-corrected chi connectivity index (χ2v) is 5.80. The highest BCUT2D eigenvalue weighted by molar-refractivity contribution is 5.39. The zero-order valence-corrected chi connectivity index (χ0v) is 11.6. The molecule has 2 heteroatoms. The molecule has 0 radical (unpaired) electrons. The Morgan fingerprint density at radius 2 is 1.80 bits per heavy atom. The molecule has 2 aromatic carbocycles. The van der Waals surface area contributed by atoms with Crippen molar-refractivity contribution in [3.8, 4) is 0 Å².